The molecule has 7 heteroatoms. The fourth-order valence-corrected chi connectivity index (χ4v) is 3.01. The molecule has 2 N–H and O–H groups in total. The van der Waals surface area contributed by atoms with Crippen molar-refractivity contribution >= 4 is 11.9 Å². The van der Waals surface area contributed by atoms with Gasteiger partial charge >= 0.3 is 6.03 Å². The highest BCUT2D eigenvalue weighted by Crippen LogP contribution is 2.30. The highest BCUT2D eigenvalue weighted by atomic mass is 16.2. The minimum Gasteiger partial charge on any atom is -0.348 e. The molecule has 3 rings (SSSR count). The van der Waals surface area contributed by atoms with Crippen molar-refractivity contribution in [3.05, 3.63) is 18.2 Å². The zero-order valence-electron chi connectivity index (χ0n) is 11.7. The summed E-state index contributed by atoms with van der Waals surface area (Å²) in [7, 11) is 0. The van der Waals surface area contributed by atoms with E-state index in [-0.39, 0.29) is 18.0 Å². The smallest absolute Gasteiger partial charge is 0.325 e. The molecular formula is C13H19N5O2. The average molecular weight is 277 g/mol. The van der Waals surface area contributed by atoms with Gasteiger partial charge in [-0.15, -0.1) is 0 Å². The quantitative estimate of drug-likeness (QED) is 0.779. The van der Waals surface area contributed by atoms with Crippen molar-refractivity contribution in [1.29, 1.82) is 0 Å². The Bertz CT molecular complexity index is 527. The predicted molar refractivity (Wildman–Crippen MR) is 71.7 cm³/mol. The van der Waals surface area contributed by atoms with Crippen molar-refractivity contribution in [2.24, 2.45) is 0 Å². The Hall–Kier alpha value is -1.89. The molecule has 0 bridgehead atoms. The minimum absolute atomic E-state index is 0.0977. The first-order chi connectivity index (χ1) is 9.52. The number of hydrogen-bond donors (Lipinski definition) is 2. The summed E-state index contributed by atoms with van der Waals surface area (Å²) in [6.07, 6.45) is 4.15. The van der Waals surface area contributed by atoms with Gasteiger partial charge in [0.15, 0.2) is 0 Å². The molecule has 0 aromatic carbocycles. The Kier molecular flexibility index (Phi) is 3.01. The Morgan fingerprint density at radius 3 is 2.85 bits per heavy atom. The number of urea groups is 1. The van der Waals surface area contributed by atoms with Gasteiger partial charge in [0.1, 0.15) is 11.4 Å². The normalized spacial score (nSPS) is 27.1. The lowest BCUT2D eigenvalue weighted by Crippen LogP contribution is -2.49. The van der Waals surface area contributed by atoms with Crippen LogP contribution in [0, 0.1) is 0 Å². The summed E-state index contributed by atoms with van der Waals surface area (Å²) >= 11 is 0. The van der Waals surface area contributed by atoms with E-state index in [1.165, 1.54) is 4.90 Å². The lowest BCUT2D eigenvalue weighted by atomic mass is 9.99. The van der Waals surface area contributed by atoms with Crippen LogP contribution < -0.4 is 5.32 Å². The molecule has 7 nitrogen and oxygen atoms in total. The molecule has 0 radical (unpaired) electrons. The van der Waals surface area contributed by atoms with Gasteiger partial charge in [-0.1, -0.05) is 0 Å². The molecule has 3 heterocycles. The maximum Gasteiger partial charge on any atom is 0.325 e. The summed E-state index contributed by atoms with van der Waals surface area (Å²) in [5.41, 5.74) is -0.742. The van der Waals surface area contributed by atoms with E-state index in [4.69, 9.17) is 0 Å². The van der Waals surface area contributed by atoms with E-state index < -0.39 is 5.54 Å². The molecule has 2 fully saturated rings. The second-order valence-electron chi connectivity index (χ2n) is 5.78. The van der Waals surface area contributed by atoms with Gasteiger partial charge in [0.05, 0.1) is 6.54 Å². The number of carbonyl (C=O) groups excluding carboxylic acids is 2. The van der Waals surface area contributed by atoms with E-state index in [0.717, 1.165) is 12.4 Å². The van der Waals surface area contributed by atoms with Gasteiger partial charge in [0.2, 0.25) is 0 Å². The molecule has 0 unspecified atom stereocenters. The Morgan fingerprint density at radius 1 is 1.45 bits per heavy atom. The van der Waals surface area contributed by atoms with Crippen LogP contribution in [0.15, 0.2) is 12.4 Å². The Balaban J connectivity index is 1.73. The summed E-state index contributed by atoms with van der Waals surface area (Å²) in [5, 5.41) is 2.89. The van der Waals surface area contributed by atoms with Gasteiger partial charge in [0, 0.05) is 31.5 Å². The van der Waals surface area contributed by atoms with Crippen LogP contribution >= 0.6 is 0 Å². The molecule has 0 saturated carbocycles. The number of hydrogen-bond acceptors (Lipinski definition) is 4. The number of nitrogens with zero attached hydrogens (tertiary/aromatic N) is 3. The molecular weight excluding hydrogens is 258 g/mol. The van der Waals surface area contributed by atoms with E-state index in [2.05, 4.69) is 20.2 Å². The summed E-state index contributed by atoms with van der Waals surface area (Å²) in [5.74, 6) is 0.777. The average Bonchev–Trinajstić information content (AvgIpc) is 3.04. The number of carbonyl (C=O) groups is 2. The Labute approximate surface area is 117 Å². The van der Waals surface area contributed by atoms with Crippen LogP contribution in [0.1, 0.15) is 26.1 Å². The number of nitrogens with one attached hydrogen (secondary N) is 2. The first-order valence-electron chi connectivity index (χ1n) is 6.88. The monoisotopic (exact) mass is 277 g/mol. The molecule has 108 valence electrons. The number of rotatable bonds is 3. The minimum atomic E-state index is -0.742. The van der Waals surface area contributed by atoms with Crippen LogP contribution in [0.5, 0.6) is 0 Å². The SMILES string of the molecule is CC(C)N1C(=O)N[C@@]2(CCN(Cc3ncc[nH]3)C2)C1=O. The van der Waals surface area contributed by atoms with Crippen molar-refractivity contribution in [2.75, 3.05) is 13.1 Å². The highest BCUT2D eigenvalue weighted by molar-refractivity contribution is 6.07. The van der Waals surface area contributed by atoms with Crippen molar-refractivity contribution in [3.63, 3.8) is 0 Å². The van der Waals surface area contributed by atoms with Gasteiger partial charge in [-0.2, -0.15) is 0 Å². The molecule has 2 aliphatic heterocycles. The lowest BCUT2D eigenvalue weighted by molar-refractivity contribution is -0.132. The van der Waals surface area contributed by atoms with Crippen LogP contribution in [0.3, 0.4) is 0 Å². The van der Waals surface area contributed by atoms with Crippen molar-refractivity contribution in [3.8, 4) is 0 Å². The van der Waals surface area contributed by atoms with Gasteiger partial charge < -0.3 is 10.3 Å². The molecule has 1 aromatic heterocycles. The van der Waals surface area contributed by atoms with Gasteiger partial charge in [-0.05, 0) is 20.3 Å². The highest BCUT2D eigenvalue weighted by Gasteiger charge is 2.55. The summed E-state index contributed by atoms with van der Waals surface area (Å²) in [6, 6.07) is -0.383. The second kappa shape index (κ2) is 4.59. The third-order valence-electron chi connectivity index (χ3n) is 3.99. The topological polar surface area (TPSA) is 81.3 Å². The molecule has 0 aliphatic carbocycles. The molecule has 2 aliphatic rings. The standard InChI is InChI=1S/C13H19N5O2/c1-9(2)18-11(19)13(16-12(18)20)3-6-17(8-13)7-10-14-4-5-15-10/h4-5,9H,3,6-8H2,1-2H3,(H,14,15)(H,16,20)/t13-/m1/s1. The van der Waals surface area contributed by atoms with E-state index in [9.17, 15) is 9.59 Å². The van der Waals surface area contributed by atoms with Crippen LogP contribution in [0.25, 0.3) is 0 Å². The van der Waals surface area contributed by atoms with Gasteiger partial charge in [-0.25, -0.2) is 9.78 Å². The summed E-state index contributed by atoms with van der Waals surface area (Å²) in [4.78, 5) is 35.2. The largest absolute Gasteiger partial charge is 0.348 e. The maximum absolute atomic E-state index is 12.5. The van der Waals surface area contributed by atoms with E-state index in [1.54, 1.807) is 12.4 Å². The summed E-state index contributed by atoms with van der Waals surface area (Å²) in [6.45, 7) is 5.69. The predicted octanol–water partition coefficient (Wildman–Crippen LogP) is 0.314. The Morgan fingerprint density at radius 2 is 2.25 bits per heavy atom. The zero-order valence-corrected chi connectivity index (χ0v) is 11.7. The van der Waals surface area contributed by atoms with Crippen molar-refractivity contribution in [2.45, 2.75) is 38.4 Å². The van der Waals surface area contributed by atoms with Crippen molar-refractivity contribution in [1.82, 2.24) is 25.1 Å². The number of H-pyrrole nitrogens is 1. The van der Waals surface area contributed by atoms with Crippen LogP contribution in [0.4, 0.5) is 4.79 Å². The van der Waals surface area contributed by atoms with Crippen LogP contribution in [-0.2, 0) is 11.3 Å². The number of imide groups is 1. The molecule has 1 spiro atoms. The first-order valence-corrected chi connectivity index (χ1v) is 6.88. The van der Waals surface area contributed by atoms with Crippen LogP contribution in [0.2, 0.25) is 0 Å². The molecule has 3 amide bonds. The summed E-state index contributed by atoms with van der Waals surface area (Å²) < 4.78 is 0. The first kappa shape index (κ1) is 13.1. The lowest BCUT2D eigenvalue weighted by Gasteiger charge is -2.22. The third-order valence-corrected chi connectivity index (χ3v) is 3.99. The molecule has 20 heavy (non-hydrogen) atoms. The molecule has 1 atom stereocenters. The number of amides is 3. The number of imidazole rings is 1. The second-order valence-corrected chi connectivity index (χ2v) is 5.78. The fraction of sp³-hybridized carbons (Fsp3) is 0.615. The van der Waals surface area contributed by atoms with Gasteiger partial charge in [0.25, 0.3) is 5.91 Å². The van der Waals surface area contributed by atoms with E-state index in [0.29, 0.717) is 19.5 Å². The van der Waals surface area contributed by atoms with Gasteiger partial charge in [-0.3, -0.25) is 14.6 Å². The maximum atomic E-state index is 12.5. The fourth-order valence-electron chi connectivity index (χ4n) is 3.01. The molecule has 2 saturated heterocycles. The number of aromatic amines is 1. The van der Waals surface area contributed by atoms with Crippen LogP contribution in [-0.4, -0.2) is 56.4 Å². The van der Waals surface area contributed by atoms with Crippen molar-refractivity contribution < 1.29 is 9.59 Å². The third kappa shape index (κ3) is 1.98. The zero-order chi connectivity index (χ0) is 14.3. The van der Waals surface area contributed by atoms with E-state index >= 15 is 0 Å². The molecule has 1 aromatic rings. The van der Waals surface area contributed by atoms with E-state index in [1.807, 2.05) is 13.8 Å². The number of aromatic nitrogens is 2. The number of likely N-dealkylation sites (tertiary alicyclic amines) is 1.